The summed E-state index contributed by atoms with van der Waals surface area (Å²) in [5, 5.41) is 9.43. The standard InChI is InChI=1S/C21H20FN3O3S/c1-13-14-7-5-8-15(22)19(14)27-18(13)21(26)23-11-4-2-3-10-17-24-20(25-28-17)16-9-6-12-29-16/h5-9,12H,2-4,10-11H2,1H3,(H,23,26). The van der Waals surface area contributed by atoms with Crippen LogP contribution in [0.15, 0.2) is 44.7 Å². The van der Waals surface area contributed by atoms with Crippen LogP contribution in [0, 0.1) is 12.7 Å². The Bertz CT molecular complexity index is 1120. The van der Waals surface area contributed by atoms with Crippen LogP contribution in [0.5, 0.6) is 0 Å². The maximum atomic E-state index is 13.8. The summed E-state index contributed by atoms with van der Waals surface area (Å²) in [6.07, 6.45) is 3.31. The summed E-state index contributed by atoms with van der Waals surface area (Å²) >= 11 is 1.57. The number of unbranched alkanes of at least 4 members (excludes halogenated alkanes) is 2. The van der Waals surface area contributed by atoms with Crippen LogP contribution in [0.25, 0.3) is 21.7 Å². The molecule has 29 heavy (non-hydrogen) atoms. The fourth-order valence-corrected chi connectivity index (χ4v) is 3.80. The Hall–Kier alpha value is -3.00. The topological polar surface area (TPSA) is 81.2 Å². The first-order chi connectivity index (χ1) is 14.1. The molecule has 4 rings (SSSR count). The predicted molar refractivity (Wildman–Crippen MR) is 108 cm³/mol. The molecule has 3 aromatic heterocycles. The zero-order valence-electron chi connectivity index (χ0n) is 15.9. The molecule has 0 spiro atoms. The van der Waals surface area contributed by atoms with Crippen molar-refractivity contribution in [3.8, 4) is 10.7 Å². The number of furan rings is 1. The number of aromatic nitrogens is 2. The largest absolute Gasteiger partial charge is 0.448 e. The quantitative estimate of drug-likeness (QED) is 0.405. The fourth-order valence-electron chi connectivity index (χ4n) is 3.15. The summed E-state index contributed by atoms with van der Waals surface area (Å²) in [5.74, 6) is 0.623. The highest BCUT2D eigenvalue weighted by molar-refractivity contribution is 7.13. The van der Waals surface area contributed by atoms with Crippen LogP contribution < -0.4 is 5.32 Å². The summed E-state index contributed by atoms with van der Waals surface area (Å²) in [5.41, 5.74) is 0.770. The van der Waals surface area contributed by atoms with Gasteiger partial charge in [0.1, 0.15) is 0 Å². The van der Waals surface area contributed by atoms with Crippen LogP contribution in [0.4, 0.5) is 4.39 Å². The minimum absolute atomic E-state index is 0.122. The SMILES string of the molecule is Cc1c(C(=O)NCCCCCc2nc(-c3cccs3)no2)oc2c(F)cccc12. The lowest BCUT2D eigenvalue weighted by atomic mass is 10.1. The van der Waals surface area contributed by atoms with E-state index in [0.29, 0.717) is 35.6 Å². The highest BCUT2D eigenvalue weighted by Crippen LogP contribution is 2.27. The van der Waals surface area contributed by atoms with E-state index in [9.17, 15) is 9.18 Å². The van der Waals surface area contributed by atoms with Gasteiger partial charge in [0.25, 0.3) is 5.91 Å². The molecule has 4 aromatic rings. The van der Waals surface area contributed by atoms with Crippen molar-refractivity contribution < 1.29 is 18.1 Å². The zero-order chi connectivity index (χ0) is 20.2. The van der Waals surface area contributed by atoms with Crippen molar-refractivity contribution in [2.24, 2.45) is 0 Å². The number of benzene rings is 1. The highest BCUT2D eigenvalue weighted by Gasteiger charge is 2.19. The van der Waals surface area contributed by atoms with Gasteiger partial charge in [0.2, 0.25) is 11.7 Å². The van der Waals surface area contributed by atoms with E-state index in [0.717, 1.165) is 24.1 Å². The number of thiophene rings is 1. The molecule has 150 valence electrons. The molecule has 1 N–H and O–H groups in total. The Morgan fingerprint density at radius 3 is 2.90 bits per heavy atom. The van der Waals surface area contributed by atoms with Gasteiger partial charge in [0.15, 0.2) is 17.2 Å². The summed E-state index contributed by atoms with van der Waals surface area (Å²) in [6, 6.07) is 8.58. The predicted octanol–water partition coefficient (Wildman–Crippen LogP) is 5.13. The lowest BCUT2D eigenvalue weighted by molar-refractivity contribution is 0.0926. The van der Waals surface area contributed by atoms with Crippen molar-refractivity contribution in [3.63, 3.8) is 0 Å². The molecule has 1 aromatic carbocycles. The van der Waals surface area contributed by atoms with E-state index in [2.05, 4.69) is 15.5 Å². The third kappa shape index (κ3) is 4.22. The average Bonchev–Trinajstić information content (AvgIpc) is 3.45. The van der Waals surface area contributed by atoms with E-state index in [1.807, 2.05) is 17.5 Å². The van der Waals surface area contributed by atoms with Gasteiger partial charge in [0, 0.05) is 23.9 Å². The van der Waals surface area contributed by atoms with Crippen molar-refractivity contribution in [1.82, 2.24) is 15.5 Å². The first-order valence-electron chi connectivity index (χ1n) is 9.46. The number of hydrogen-bond acceptors (Lipinski definition) is 6. The van der Waals surface area contributed by atoms with Crippen molar-refractivity contribution in [1.29, 1.82) is 0 Å². The lowest BCUT2D eigenvalue weighted by Crippen LogP contribution is -2.24. The number of carbonyl (C=O) groups is 1. The van der Waals surface area contributed by atoms with Crippen LogP contribution in [-0.2, 0) is 6.42 Å². The number of para-hydroxylation sites is 1. The number of fused-ring (bicyclic) bond motifs is 1. The summed E-state index contributed by atoms with van der Waals surface area (Å²) in [6.45, 7) is 2.27. The van der Waals surface area contributed by atoms with E-state index in [1.54, 1.807) is 30.4 Å². The molecule has 8 heteroatoms. The molecule has 0 aliphatic carbocycles. The number of hydrogen-bond donors (Lipinski definition) is 1. The molecular weight excluding hydrogens is 393 g/mol. The number of carbonyl (C=O) groups excluding carboxylic acids is 1. The highest BCUT2D eigenvalue weighted by atomic mass is 32.1. The van der Waals surface area contributed by atoms with Gasteiger partial charge in [-0.15, -0.1) is 11.3 Å². The number of amides is 1. The molecular formula is C21H20FN3O3S. The molecule has 0 fully saturated rings. The fraction of sp³-hybridized carbons (Fsp3) is 0.286. The first-order valence-corrected chi connectivity index (χ1v) is 10.3. The van der Waals surface area contributed by atoms with E-state index in [1.165, 1.54) is 6.07 Å². The van der Waals surface area contributed by atoms with Gasteiger partial charge in [0.05, 0.1) is 4.88 Å². The minimum Gasteiger partial charge on any atom is -0.448 e. The second-order valence-corrected chi connectivity index (χ2v) is 7.68. The molecule has 0 aliphatic heterocycles. The summed E-state index contributed by atoms with van der Waals surface area (Å²) in [4.78, 5) is 17.7. The number of aryl methyl sites for hydroxylation is 2. The molecule has 0 aliphatic rings. The average molecular weight is 413 g/mol. The maximum absolute atomic E-state index is 13.8. The second-order valence-electron chi connectivity index (χ2n) is 6.73. The molecule has 6 nitrogen and oxygen atoms in total. The van der Waals surface area contributed by atoms with Crippen molar-refractivity contribution >= 4 is 28.2 Å². The van der Waals surface area contributed by atoms with Gasteiger partial charge < -0.3 is 14.3 Å². The molecule has 0 saturated carbocycles. The molecule has 0 saturated heterocycles. The Labute approximate surface area is 170 Å². The normalized spacial score (nSPS) is 11.2. The zero-order valence-corrected chi connectivity index (χ0v) is 16.7. The van der Waals surface area contributed by atoms with Gasteiger partial charge in [-0.05, 0) is 37.3 Å². The van der Waals surface area contributed by atoms with Crippen LogP contribution in [-0.4, -0.2) is 22.6 Å². The van der Waals surface area contributed by atoms with Gasteiger partial charge in [-0.25, -0.2) is 4.39 Å². The molecule has 0 bridgehead atoms. The monoisotopic (exact) mass is 413 g/mol. The van der Waals surface area contributed by atoms with Crippen molar-refractivity contribution in [2.45, 2.75) is 32.6 Å². The van der Waals surface area contributed by atoms with E-state index in [-0.39, 0.29) is 17.3 Å². The van der Waals surface area contributed by atoms with Crippen LogP contribution >= 0.6 is 11.3 Å². The van der Waals surface area contributed by atoms with Crippen molar-refractivity contribution in [3.05, 3.63) is 58.7 Å². The maximum Gasteiger partial charge on any atom is 0.287 e. The lowest BCUT2D eigenvalue weighted by Gasteiger charge is -2.03. The summed E-state index contributed by atoms with van der Waals surface area (Å²) in [7, 11) is 0. The van der Waals surface area contributed by atoms with Crippen molar-refractivity contribution in [2.75, 3.05) is 6.54 Å². The van der Waals surface area contributed by atoms with Gasteiger partial charge in [-0.3, -0.25) is 4.79 Å². The second kappa shape index (κ2) is 8.57. The number of nitrogens with zero attached hydrogens (tertiary/aromatic N) is 2. The molecule has 0 unspecified atom stereocenters. The van der Waals surface area contributed by atoms with Crippen LogP contribution in [0.3, 0.4) is 0 Å². The Kier molecular flexibility index (Phi) is 5.71. The Morgan fingerprint density at radius 1 is 1.21 bits per heavy atom. The minimum atomic E-state index is -0.465. The van der Waals surface area contributed by atoms with Crippen LogP contribution in [0.1, 0.15) is 41.3 Å². The van der Waals surface area contributed by atoms with Gasteiger partial charge in [-0.1, -0.05) is 29.8 Å². The third-order valence-electron chi connectivity index (χ3n) is 4.68. The van der Waals surface area contributed by atoms with E-state index >= 15 is 0 Å². The smallest absolute Gasteiger partial charge is 0.287 e. The number of rotatable bonds is 8. The van der Waals surface area contributed by atoms with E-state index < -0.39 is 5.82 Å². The molecule has 3 heterocycles. The first kappa shape index (κ1) is 19.3. The Morgan fingerprint density at radius 2 is 2.10 bits per heavy atom. The molecule has 0 atom stereocenters. The number of halogens is 1. The summed E-state index contributed by atoms with van der Waals surface area (Å²) < 4.78 is 24.5. The van der Waals surface area contributed by atoms with Gasteiger partial charge >= 0.3 is 0 Å². The Balaban J connectivity index is 1.22. The van der Waals surface area contributed by atoms with E-state index in [4.69, 9.17) is 8.94 Å². The number of nitrogens with one attached hydrogen (secondary N) is 1. The van der Waals surface area contributed by atoms with Gasteiger partial charge in [-0.2, -0.15) is 4.98 Å². The molecule has 1 amide bonds. The molecule has 0 radical (unpaired) electrons. The van der Waals surface area contributed by atoms with Crippen LogP contribution in [0.2, 0.25) is 0 Å². The third-order valence-corrected chi connectivity index (χ3v) is 5.55.